The number of carboxylic acid groups (broad SMARTS) is 1. The number of likely N-dealkylation sites (tertiary alicyclic amines) is 1. The smallest absolute Gasteiger partial charge is 0.407 e. The molecular weight excluding hydrogens is 398 g/mol. The van der Waals surface area contributed by atoms with Gasteiger partial charge in [0.2, 0.25) is 0 Å². The van der Waals surface area contributed by atoms with Gasteiger partial charge >= 0.3 is 6.09 Å². The predicted molar refractivity (Wildman–Crippen MR) is 120 cm³/mol. The average molecular weight is 426 g/mol. The topological polar surface area (TPSA) is 99.4 Å². The highest BCUT2D eigenvalue weighted by molar-refractivity contribution is 7.13. The summed E-state index contributed by atoms with van der Waals surface area (Å²) in [6.07, 6.45) is 2.61. The van der Waals surface area contributed by atoms with Crippen LogP contribution >= 0.6 is 11.3 Å². The molecule has 4 rings (SSSR count). The number of aromatic amines is 1. The van der Waals surface area contributed by atoms with Crippen LogP contribution in [0.15, 0.2) is 35.8 Å². The third kappa shape index (κ3) is 3.58. The number of aromatic nitrogens is 1. The lowest BCUT2D eigenvalue weighted by Crippen LogP contribution is -2.51. The fourth-order valence-corrected chi connectivity index (χ4v) is 5.38. The first-order valence-corrected chi connectivity index (χ1v) is 11.0. The van der Waals surface area contributed by atoms with E-state index in [1.165, 1.54) is 0 Å². The molecule has 4 N–H and O–H groups in total. The van der Waals surface area contributed by atoms with Crippen LogP contribution in [0.25, 0.3) is 21.3 Å². The summed E-state index contributed by atoms with van der Waals surface area (Å²) in [4.78, 5) is 29.9. The number of thiophene rings is 1. The minimum Gasteiger partial charge on any atom is -0.465 e. The van der Waals surface area contributed by atoms with Crippen molar-refractivity contribution in [1.29, 1.82) is 0 Å². The standard InChI is InChI=1S/C23H27N3O3S/c1-23(2,3)19-11-13(6-7-26(19)22(28)29)17-12-25-20-15(17)9-14(10-16(20)21(24)27)18-5-4-8-30-18/h4-5,8-10,12-13,19,25H,6-7,11H2,1-3H3,(H2,24,27)(H,28,29). The SMILES string of the molecule is CC(C)(C)C1CC(c2c[nH]c3c(C(N)=O)cc(-c4cccs4)cc23)CCN1C(=O)O. The third-order valence-corrected chi connectivity index (χ3v) is 7.10. The van der Waals surface area contributed by atoms with Crippen molar-refractivity contribution in [2.75, 3.05) is 6.54 Å². The van der Waals surface area contributed by atoms with E-state index in [1.54, 1.807) is 16.2 Å². The molecule has 0 radical (unpaired) electrons. The molecule has 0 spiro atoms. The zero-order chi connectivity index (χ0) is 21.6. The molecule has 158 valence electrons. The van der Waals surface area contributed by atoms with Crippen LogP contribution in [0.1, 0.15) is 55.5 Å². The zero-order valence-electron chi connectivity index (χ0n) is 17.4. The number of H-pyrrole nitrogens is 1. The molecule has 1 saturated heterocycles. The zero-order valence-corrected chi connectivity index (χ0v) is 18.3. The van der Waals surface area contributed by atoms with E-state index in [0.29, 0.717) is 12.1 Å². The largest absolute Gasteiger partial charge is 0.465 e. The van der Waals surface area contributed by atoms with Crippen LogP contribution in [-0.2, 0) is 0 Å². The van der Waals surface area contributed by atoms with Crippen molar-refractivity contribution in [1.82, 2.24) is 9.88 Å². The summed E-state index contributed by atoms with van der Waals surface area (Å²) in [5.74, 6) is -0.252. The van der Waals surface area contributed by atoms with E-state index < -0.39 is 12.0 Å². The lowest BCUT2D eigenvalue weighted by molar-refractivity contribution is 0.0527. The lowest BCUT2D eigenvalue weighted by Gasteiger charge is -2.44. The van der Waals surface area contributed by atoms with Gasteiger partial charge < -0.3 is 20.7 Å². The monoisotopic (exact) mass is 425 g/mol. The first-order valence-electron chi connectivity index (χ1n) is 10.1. The van der Waals surface area contributed by atoms with Gasteiger partial charge in [-0.1, -0.05) is 26.8 Å². The summed E-state index contributed by atoms with van der Waals surface area (Å²) in [5.41, 5.74) is 8.87. The Morgan fingerprint density at radius 1 is 1.30 bits per heavy atom. The lowest BCUT2D eigenvalue weighted by atomic mass is 9.75. The number of rotatable bonds is 3. The van der Waals surface area contributed by atoms with Crippen LogP contribution in [0.2, 0.25) is 0 Å². The van der Waals surface area contributed by atoms with Gasteiger partial charge in [0.1, 0.15) is 0 Å². The van der Waals surface area contributed by atoms with E-state index in [2.05, 4.69) is 31.8 Å². The number of fused-ring (bicyclic) bond motifs is 1. The highest BCUT2D eigenvalue weighted by Gasteiger charge is 2.39. The van der Waals surface area contributed by atoms with Crippen LogP contribution in [0.4, 0.5) is 4.79 Å². The number of benzene rings is 1. The fraction of sp³-hybridized carbons (Fsp3) is 0.391. The van der Waals surface area contributed by atoms with Gasteiger partial charge in [-0.25, -0.2) is 4.79 Å². The van der Waals surface area contributed by atoms with Crippen molar-refractivity contribution in [3.63, 3.8) is 0 Å². The second-order valence-corrected chi connectivity index (χ2v) is 10.1. The minimum absolute atomic E-state index is 0.0743. The van der Waals surface area contributed by atoms with Gasteiger partial charge in [0, 0.05) is 29.0 Å². The first kappa shape index (κ1) is 20.5. The van der Waals surface area contributed by atoms with Gasteiger partial charge in [-0.15, -0.1) is 11.3 Å². The number of piperidine rings is 1. The Labute approximate surface area is 179 Å². The fourth-order valence-electron chi connectivity index (χ4n) is 4.67. The summed E-state index contributed by atoms with van der Waals surface area (Å²) >= 11 is 1.62. The molecule has 3 aromatic rings. The Morgan fingerprint density at radius 2 is 2.07 bits per heavy atom. The van der Waals surface area contributed by atoms with Crippen molar-refractivity contribution >= 4 is 34.2 Å². The normalized spacial score (nSPS) is 19.9. The number of nitrogens with two attached hydrogens (primary N) is 1. The average Bonchev–Trinajstić information content (AvgIpc) is 3.35. The van der Waals surface area contributed by atoms with Crippen LogP contribution in [-0.4, -0.2) is 39.6 Å². The number of carbonyl (C=O) groups excluding carboxylic acids is 1. The Balaban J connectivity index is 1.80. The van der Waals surface area contributed by atoms with Gasteiger partial charge in [0.05, 0.1) is 11.1 Å². The molecule has 30 heavy (non-hydrogen) atoms. The van der Waals surface area contributed by atoms with E-state index in [0.717, 1.165) is 39.7 Å². The van der Waals surface area contributed by atoms with Crippen LogP contribution in [0.3, 0.4) is 0 Å². The van der Waals surface area contributed by atoms with Gasteiger partial charge in [-0.3, -0.25) is 4.79 Å². The van der Waals surface area contributed by atoms with E-state index >= 15 is 0 Å². The van der Waals surface area contributed by atoms with Crippen molar-refractivity contribution in [3.8, 4) is 10.4 Å². The second-order valence-electron chi connectivity index (χ2n) is 9.11. The summed E-state index contributed by atoms with van der Waals surface area (Å²) in [6.45, 7) is 6.77. The number of nitrogens with zero attached hydrogens (tertiary/aromatic N) is 1. The number of primary amides is 1. The molecule has 0 saturated carbocycles. The van der Waals surface area contributed by atoms with Crippen molar-refractivity contribution in [3.05, 3.63) is 47.0 Å². The number of hydrogen-bond acceptors (Lipinski definition) is 3. The van der Waals surface area contributed by atoms with E-state index in [-0.39, 0.29) is 17.4 Å². The third-order valence-electron chi connectivity index (χ3n) is 6.18. The molecule has 0 bridgehead atoms. The molecule has 3 heterocycles. The van der Waals surface area contributed by atoms with Gasteiger partial charge in [-0.05, 0) is 58.9 Å². The molecule has 2 amide bonds. The van der Waals surface area contributed by atoms with Crippen LogP contribution in [0, 0.1) is 5.41 Å². The molecule has 0 aliphatic carbocycles. The second kappa shape index (κ2) is 7.47. The summed E-state index contributed by atoms with van der Waals surface area (Å²) < 4.78 is 0. The Morgan fingerprint density at radius 3 is 2.67 bits per heavy atom. The Bertz CT molecular complexity index is 1100. The molecule has 7 heteroatoms. The highest BCUT2D eigenvalue weighted by atomic mass is 32.1. The quantitative estimate of drug-likeness (QED) is 0.533. The molecule has 1 aromatic carbocycles. The van der Waals surface area contributed by atoms with Gasteiger partial charge in [0.15, 0.2) is 0 Å². The maximum Gasteiger partial charge on any atom is 0.407 e. The van der Waals surface area contributed by atoms with E-state index in [4.69, 9.17) is 5.73 Å². The number of nitrogens with one attached hydrogen (secondary N) is 1. The van der Waals surface area contributed by atoms with Gasteiger partial charge in [0.25, 0.3) is 5.91 Å². The predicted octanol–water partition coefficient (Wildman–Crippen LogP) is 5.27. The highest BCUT2D eigenvalue weighted by Crippen LogP contribution is 2.42. The molecule has 1 aliphatic heterocycles. The Kier molecular flexibility index (Phi) is 5.10. The molecule has 1 fully saturated rings. The van der Waals surface area contributed by atoms with E-state index in [1.807, 2.05) is 29.8 Å². The number of amides is 2. The molecule has 2 atom stereocenters. The summed E-state index contributed by atoms with van der Waals surface area (Å²) in [7, 11) is 0. The van der Waals surface area contributed by atoms with Crippen molar-refractivity contribution in [2.45, 2.75) is 45.6 Å². The molecule has 6 nitrogen and oxygen atoms in total. The number of carbonyl (C=O) groups is 2. The van der Waals surface area contributed by atoms with Crippen molar-refractivity contribution < 1.29 is 14.7 Å². The van der Waals surface area contributed by atoms with Crippen LogP contribution in [0.5, 0.6) is 0 Å². The first-order chi connectivity index (χ1) is 14.2. The molecule has 2 aromatic heterocycles. The van der Waals surface area contributed by atoms with E-state index in [9.17, 15) is 14.7 Å². The molecule has 1 aliphatic rings. The minimum atomic E-state index is -0.858. The maximum absolute atomic E-state index is 12.2. The molecule has 2 unspecified atom stereocenters. The van der Waals surface area contributed by atoms with Crippen LogP contribution < -0.4 is 5.73 Å². The summed E-state index contributed by atoms with van der Waals surface area (Å²) in [5, 5.41) is 12.7. The molecular formula is C23H27N3O3S. The maximum atomic E-state index is 12.2. The van der Waals surface area contributed by atoms with Gasteiger partial charge in [-0.2, -0.15) is 0 Å². The summed E-state index contributed by atoms with van der Waals surface area (Å²) in [6, 6.07) is 7.91. The number of hydrogen-bond donors (Lipinski definition) is 3. The van der Waals surface area contributed by atoms with Crippen molar-refractivity contribution in [2.24, 2.45) is 11.1 Å². The Hall–Kier alpha value is -2.80.